The quantitative estimate of drug-likeness (QED) is 0.616. The first-order valence-electron chi connectivity index (χ1n) is 8.38. The van der Waals surface area contributed by atoms with Gasteiger partial charge in [-0.05, 0) is 58.4 Å². The Morgan fingerprint density at radius 3 is 2.50 bits per heavy atom. The van der Waals surface area contributed by atoms with Crippen molar-refractivity contribution in [3.05, 3.63) is 39.4 Å². The zero-order chi connectivity index (χ0) is 17.9. The molecule has 0 atom stereocenters. The highest BCUT2D eigenvalue weighted by Crippen LogP contribution is 2.29. The lowest BCUT2D eigenvalue weighted by Gasteiger charge is -2.33. The van der Waals surface area contributed by atoms with Gasteiger partial charge in [-0.15, -0.1) is 0 Å². The Morgan fingerprint density at radius 1 is 1.33 bits per heavy atom. The minimum absolute atomic E-state index is 0.199. The van der Waals surface area contributed by atoms with Crippen LogP contribution >= 0.6 is 0 Å². The lowest BCUT2D eigenvalue weighted by Crippen LogP contribution is -2.42. The smallest absolute Gasteiger partial charge is 0.410 e. The number of carbonyl (C=O) groups is 1. The highest BCUT2D eigenvalue weighted by molar-refractivity contribution is 5.68. The maximum atomic E-state index is 12.1. The van der Waals surface area contributed by atoms with Gasteiger partial charge < -0.3 is 9.64 Å². The predicted molar refractivity (Wildman–Crippen MR) is 92.1 cm³/mol. The summed E-state index contributed by atoms with van der Waals surface area (Å²) in [6.07, 6.45) is 2.09. The first-order valence-corrected chi connectivity index (χ1v) is 8.38. The summed E-state index contributed by atoms with van der Waals surface area (Å²) in [6, 6.07) is 5.21. The van der Waals surface area contributed by atoms with Crippen molar-refractivity contribution in [1.29, 1.82) is 0 Å². The van der Waals surface area contributed by atoms with Gasteiger partial charge in [0.1, 0.15) is 5.60 Å². The maximum Gasteiger partial charge on any atom is 0.410 e. The Hall–Kier alpha value is -2.11. The molecule has 132 valence electrons. The molecule has 0 radical (unpaired) electrons. The van der Waals surface area contributed by atoms with Gasteiger partial charge in [0.05, 0.1) is 4.92 Å². The molecule has 1 aromatic carbocycles. The van der Waals surface area contributed by atoms with Gasteiger partial charge >= 0.3 is 6.09 Å². The lowest BCUT2D eigenvalue weighted by molar-refractivity contribution is -0.385. The van der Waals surface area contributed by atoms with Gasteiger partial charge in [0, 0.05) is 24.7 Å². The van der Waals surface area contributed by atoms with Crippen LogP contribution in [0.4, 0.5) is 10.5 Å². The van der Waals surface area contributed by atoms with Crippen molar-refractivity contribution >= 4 is 11.8 Å². The number of carbonyl (C=O) groups excluding carboxylic acids is 1. The fourth-order valence-electron chi connectivity index (χ4n) is 3.06. The number of likely N-dealkylation sites (tertiary alicyclic amines) is 1. The van der Waals surface area contributed by atoms with E-state index in [-0.39, 0.29) is 16.7 Å². The van der Waals surface area contributed by atoms with E-state index in [1.54, 1.807) is 17.0 Å². The number of hydrogen-bond donors (Lipinski definition) is 0. The third-order valence-electron chi connectivity index (χ3n) is 4.34. The second-order valence-corrected chi connectivity index (χ2v) is 7.44. The van der Waals surface area contributed by atoms with Gasteiger partial charge in [-0.2, -0.15) is 0 Å². The molecule has 1 fully saturated rings. The first-order chi connectivity index (χ1) is 11.2. The topological polar surface area (TPSA) is 72.7 Å². The standard InChI is InChI=1S/C18H26N2O4/c1-13-6-5-7-16(20(22)23)15(13)12-14-8-10-19(11-9-14)17(21)24-18(2,3)4/h5-7,14H,8-12H2,1-4H3. The molecule has 0 saturated carbocycles. The molecule has 1 aliphatic heterocycles. The molecule has 6 nitrogen and oxygen atoms in total. The third-order valence-corrected chi connectivity index (χ3v) is 4.34. The molecule has 6 heteroatoms. The molecule has 24 heavy (non-hydrogen) atoms. The fourth-order valence-corrected chi connectivity index (χ4v) is 3.06. The van der Waals surface area contributed by atoms with Gasteiger partial charge in [-0.25, -0.2) is 4.79 Å². The Kier molecular flexibility index (Phi) is 5.47. The van der Waals surface area contributed by atoms with E-state index >= 15 is 0 Å². The van der Waals surface area contributed by atoms with Gasteiger partial charge in [-0.3, -0.25) is 10.1 Å². The minimum atomic E-state index is -0.490. The molecule has 1 amide bonds. The van der Waals surface area contributed by atoms with Crippen LogP contribution in [0.1, 0.15) is 44.7 Å². The number of nitro benzene ring substituents is 1. The number of aryl methyl sites for hydroxylation is 1. The van der Waals surface area contributed by atoms with Crippen molar-refractivity contribution in [2.24, 2.45) is 5.92 Å². The summed E-state index contributed by atoms with van der Waals surface area (Å²) < 4.78 is 5.40. The van der Waals surface area contributed by atoms with Crippen LogP contribution in [-0.4, -0.2) is 34.6 Å². The Morgan fingerprint density at radius 2 is 1.96 bits per heavy atom. The highest BCUT2D eigenvalue weighted by Gasteiger charge is 2.28. The van der Waals surface area contributed by atoms with Crippen LogP contribution in [-0.2, 0) is 11.2 Å². The molecule has 2 rings (SSSR count). The van der Waals surface area contributed by atoms with Crippen molar-refractivity contribution in [3.63, 3.8) is 0 Å². The number of hydrogen-bond acceptors (Lipinski definition) is 4. The second kappa shape index (κ2) is 7.20. The molecule has 0 unspecified atom stereocenters. The van der Waals surface area contributed by atoms with E-state index in [9.17, 15) is 14.9 Å². The van der Waals surface area contributed by atoms with Crippen molar-refractivity contribution in [2.75, 3.05) is 13.1 Å². The molecule has 0 aromatic heterocycles. The monoisotopic (exact) mass is 334 g/mol. The van der Waals surface area contributed by atoms with Gasteiger partial charge in [0.2, 0.25) is 0 Å². The molecule has 1 aromatic rings. The number of ether oxygens (including phenoxy) is 1. The number of benzene rings is 1. The lowest BCUT2D eigenvalue weighted by atomic mass is 9.88. The van der Waals surface area contributed by atoms with Crippen LogP contribution in [0.15, 0.2) is 18.2 Å². The molecule has 1 heterocycles. The normalized spacial score (nSPS) is 16.1. The molecule has 0 spiro atoms. The van der Waals surface area contributed by atoms with Crippen LogP contribution in [0.25, 0.3) is 0 Å². The van der Waals surface area contributed by atoms with Crippen LogP contribution in [0.2, 0.25) is 0 Å². The van der Waals surface area contributed by atoms with Crippen molar-refractivity contribution < 1.29 is 14.5 Å². The SMILES string of the molecule is Cc1cccc([N+](=O)[O-])c1CC1CCN(C(=O)OC(C)(C)C)CC1. The number of nitro groups is 1. The summed E-state index contributed by atoms with van der Waals surface area (Å²) in [4.78, 5) is 24.7. The second-order valence-electron chi connectivity index (χ2n) is 7.44. The van der Waals surface area contributed by atoms with Crippen molar-refractivity contribution in [2.45, 2.75) is 52.6 Å². The van der Waals surface area contributed by atoms with E-state index in [1.165, 1.54) is 0 Å². The van der Waals surface area contributed by atoms with E-state index in [4.69, 9.17) is 4.74 Å². The van der Waals surface area contributed by atoms with E-state index < -0.39 is 5.60 Å². The number of rotatable bonds is 3. The highest BCUT2D eigenvalue weighted by atomic mass is 16.6. The Balaban J connectivity index is 1.97. The molecule has 1 saturated heterocycles. The summed E-state index contributed by atoms with van der Waals surface area (Å²) in [5.41, 5.74) is 1.48. The summed E-state index contributed by atoms with van der Waals surface area (Å²) in [5, 5.41) is 11.2. The summed E-state index contributed by atoms with van der Waals surface area (Å²) in [6.45, 7) is 8.76. The van der Waals surface area contributed by atoms with Crippen molar-refractivity contribution in [3.8, 4) is 0 Å². The maximum absolute atomic E-state index is 12.1. The molecular formula is C18H26N2O4. The zero-order valence-electron chi connectivity index (χ0n) is 14.9. The van der Waals surface area contributed by atoms with E-state index in [0.717, 1.165) is 24.0 Å². The molecule has 0 N–H and O–H groups in total. The summed E-state index contributed by atoms with van der Waals surface area (Å²) >= 11 is 0. The number of nitrogens with zero attached hydrogens (tertiary/aromatic N) is 2. The summed E-state index contributed by atoms with van der Waals surface area (Å²) in [7, 11) is 0. The van der Waals surface area contributed by atoms with Crippen LogP contribution < -0.4 is 0 Å². The fraction of sp³-hybridized carbons (Fsp3) is 0.611. The van der Waals surface area contributed by atoms with Crippen LogP contribution in [0.3, 0.4) is 0 Å². The minimum Gasteiger partial charge on any atom is -0.444 e. The zero-order valence-corrected chi connectivity index (χ0v) is 14.9. The van der Waals surface area contributed by atoms with Crippen LogP contribution in [0.5, 0.6) is 0 Å². The molecule has 1 aliphatic rings. The molecule has 0 bridgehead atoms. The Bertz CT molecular complexity index is 614. The first kappa shape index (κ1) is 18.2. The number of piperidine rings is 1. The molecule has 0 aliphatic carbocycles. The summed E-state index contributed by atoms with van der Waals surface area (Å²) in [5.74, 6) is 0.350. The van der Waals surface area contributed by atoms with Crippen molar-refractivity contribution in [1.82, 2.24) is 4.90 Å². The van der Waals surface area contributed by atoms with Crippen LogP contribution in [0, 0.1) is 23.0 Å². The largest absolute Gasteiger partial charge is 0.444 e. The predicted octanol–water partition coefficient (Wildman–Crippen LogP) is 4.09. The van der Waals surface area contributed by atoms with E-state index in [0.29, 0.717) is 25.4 Å². The average molecular weight is 334 g/mol. The average Bonchev–Trinajstić information content (AvgIpc) is 2.48. The van der Waals surface area contributed by atoms with Gasteiger partial charge in [0.15, 0.2) is 0 Å². The third kappa shape index (κ3) is 4.69. The number of amides is 1. The van der Waals surface area contributed by atoms with Gasteiger partial charge in [-0.1, -0.05) is 12.1 Å². The Labute approximate surface area is 142 Å². The van der Waals surface area contributed by atoms with Gasteiger partial charge in [0.25, 0.3) is 5.69 Å². The van der Waals surface area contributed by atoms with E-state index in [1.807, 2.05) is 33.8 Å². The molecular weight excluding hydrogens is 308 g/mol. The van der Waals surface area contributed by atoms with E-state index in [2.05, 4.69) is 0 Å².